The van der Waals surface area contributed by atoms with Crippen molar-refractivity contribution >= 4 is 15.5 Å². The molecule has 0 amide bonds. The molecule has 1 aromatic carbocycles. The van der Waals surface area contributed by atoms with E-state index in [1.807, 2.05) is 24.3 Å². The van der Waals surface area contributed by atoms with Gasteiger partial charge < -0.3 is 9.84 Å². The van der Waals surface area contributed by atoms with Crippen LogP contribution < -0.4 is 5.32 Å². The number of hydrogen-bond donors (Lipinski definition) is 1. The third-order valence-corrected chi connectivity index (χ3v) is 5.03. The number of fused-ring (bicyclic) bond motifs is 1. The second-order valence-electron chi connectivity index (χ2n) is 5.02. The van der Waals surface area contributed by atoms with Crippen molar-refractivity contribution < 1.29 is 12.9 Å². The standard InChI is InChI=1S/C13H15N3O3S/c1-8(20(2,17)18)12-15-13(19-16-12)11-7-9-5-3-4-6-10(9)14-11/h3-6,8,11,14H,7H2,1-2H3/t8?,11-/m0/s1. The first-order chi connectivity index (χ1) is 9.45. The van der Waals surface area contributed by atoms with E-state index in [2.05, 4.69) is 15.5 Å². The van der Waals surface area contributed by atoms with Crippen LogP contribution in [0.1, 0.15) is 35.5 Å². The van der Waals surface area contributed by atoms with E-state index in [0.29, 0.717) is 5.89 Å². The lowest BCUT2D eigenvalue weighted by atomic mass is 10.1. The van der Waals surface area contributed by atoms with E-state index in [4.69, 9.17) is 4.52 Å². The average molecular weight is 293 g/mol. The lowest BCUT2D eigenvalue weighted by Crippen LogP contribution is -2.10. The summed E-state index contributed by atoms with van der Waals surface area (Å²) in [5.41, 5.74) is 2.24. The van der Waals surface area contributed by atoms with Gasteiger partial charge in [0.15, 0.2) is 15.7 Å². The van der Waals surface area contributed by atoms with Crippen LogP contribution in [0.2, 0.25) is 0 Å². The highest BCUT2D eigenvalue weighted by Crippen LogP contribution is 2.33. The summed E-state index contributed by atoms with van der Waals surface area (Å²) in [4.78, 5) is 4.22. The van der Waals surface area contributed by atoms with Gasteiger partial charge in [-0.2, -0.15) is 4.98 Å². The van der Waals surface area contributed by atoms with Crippen LogP contribution in [0.25, 0.3) is 0 Å². The lowest BCUT2D eigenvalue weighted by molar-refractivity contribution is 0.359. The molecule has 1 aliphatic rings. The summed E-state index contributed by atoms with van der Waals surface area (Å²) < 4.78 is 28.2. The van der Waals surface area contributed by atoms with E-state index >= 15 is 0 Å². The van der Waals surface area contributed by atoms with Gasteiger partial charge in [0.25, 0.3) is 0 Å². The zero-order valence-electron chi connectivity index (χ0n) is 11.2. The monoisotopic (exact) mass is 293 g/mol. The maximum atomic E-state index is 11.5. The van der Waals surface area contributed by atoms with E-state index < -0.39 is 15.1 Å². The summed E-state index contributed by atoms with van der Waals surface area (Å²) in [5, 5.41) is 6.32. The van der Waals surface area contributed by atoms with Crippen LogP contribution in [0.5, 0.6) is 0 Å². The minimum absolute atomic E-state index is 0.0968. The number of rotatable bonds is 3. The Labute approximate surface area is 117 Å². The summed E-state index contributed by atoms with van der Waals surface area (Å²) in [5.74, 6) is 0.631. The molecule has 3 rings (SSSR count). The highest BCUT2D eigenvalue weighted by atomic mass is 32.2. The highest BCUT2D eigenvalue weighted by Gasteiger charge is 2.29. The van der Waals surface area contributed by atoms with Gasteiger partial charge >= 0.3 is 0 Å². The zero-order chi connectivity index (χ0) is 14.3. The molecule has 1 N–H and O–H groups in total. The maximum Gasteiger partial charge on any atom is 0.249 e. The van der Waals surface area contributed by atoms with Gasteiger partial charge in [0.1, 0.15) is 11.3 Å². The van der Waals surface area contributed by atoms with Crippen LogP contribution in [0.4, 0.5) is 5.69 Å². The van der Waals surface area contributed by atoms with Crippen LogP contribution in [-0.2, 0) is 16.3 Å². The van der Waals surface area contributed by atoms with E-state index in [1.54, 1.807) is 6.92 Å². The van der Waals surface area contributed by atoms with Gasteiger partial charge in [-0.3, -0.25) is 0 Å². The smallest absolute Gasteiger partial charge is 0.249 e. The molecule has 7 heteroatoms. The first kappa shape index (κ1) is 13.1. The van der Waals surface area contributed by atoms with Crippen molar-refractivity contribution in [2.45, 2.75) is 24.6 Å². The van der Waals surface area contributed by atoms with Gasteiger partial charge in [-0.05, 0) is 18.6 Å². The Balaban J connectivity index is 1.83. The Hall–Kier alpha value is -1.89. The van der Waals surface area contributed by atoms with Gasteiger partial charge in [-0.1, -0.05) is 23.4 Å². The minimum atomic E-state index is -3.23. The summed E-state index contributed by atoms with van der Waals surface area (Å²) >= 11 is 0. The Kier molecular flexibility index (Phi) is 3.01. The van der Waals surface area contributed by atoms with Crippen LogP contribution >= 0.6 is 0 Å². The quantitative estimate of drug-likeness (QED) is 0.930. The van der Waals surface area contributed by atoms with Gasteiger partial charge in [0.05, 0.1) is 0 Å². The second-order valence-corrected chi connectivity index (χ2v) is 7.39. The van der Waals surface area contributed by atoms with Gasteiger partial charge in [-0.25, -0.2) is 8.42 Å². The fraction of sp³-hybridized carbons (Fsp3) is 0.385. The predicted octanol–water partition coefficient (Wildman–Crippen LogP) is 1.88. The minimum Gasteiger partial charge on any atom is -0.373 e. The molecule has 0 saturated carbocycles. The molecule has 2 aromatic rings. The van der Waals surface area contributed by atoms with E-state index in [9.17, 15) is 8.42 Å². The van der Waals surface area contributed by atoms with E-state index in [1.165, 1.54) is 5.56 Å². The fourth-order valence-electron chi connectivity index (χ4n) is 2.19. The van der Waals surface area contributed by atoms with Crippen molar-refractivity contribution in [1.82, 2.24) is 10.1 Å². The first-order valence-electron chi connectivity index (χ1n) is 6.32. The Morgan fingerprint density at radius 3 is 2.85 bits per heavy atom. The topological polar surface area (TPSA) is 85.1 Å². The number of sulfone groups is 1. The fourth-order valence-corrected chi connectivity index (χ4v) is 2.67. The molecule has 0 aliphatic carbocycles. The third kappa shape index (κ3) is 2.29. The zero-order valence-corrected chi connectivity index (χ0v) is 12.0. The third-order valence-electron chi connectivity index (χ3n) is 3.53. The number of anilines is 1. The summed E-state index contributed by atoms with van der Waals surface area (Å²) in [7, 11) is -3.23. The molecule has 0 bridgehead atoms. The van der Waals surface area contributed by atoms with Crippen molar-refractivity contribution in [2.75, 3.05) is 11.6 Å². The predicted molar refractivity (Wildman–Crippen MR) is 74.1 cm³/mol. The van der Waals surface area contributed by atoms with Crippen molar-refractivity contribution in [3.05, 3.63) is 41.5 Å². The Morgan fingerprint density at radius 1 is 1.40 bits per heavy atom. The lowest BCUT2D eigenvalue weighted by Gasteiger charge is -2.05. The van der Waals surface area contributed by atoms with E-state index in [0.717, 1.165) is 18.4 Å². The molecular weight excluding hydrogens is 278 g/mol. The molecule has 2 heterocycles. The van der Waals surface area contributed by atoms with Gasteiger partial charge in [0, 0.05) is 18.4 Å². The number of para-hydroxylation sites is 1. The van der Waals surface area contributed by atoms with Crippen LogP contribution in [0, 0.1) is 0 Å². The Bertz CT molecular complexity index is 714. The number of nitrogens with zero attached hydrogens (tertiary/aromatic N) is 2. The molecule has 20 heavy (non-hydrogen) atoms. The SMILES string of the molecule is CC(c1noc([C@@H]2Cc3ccccc3N2)n1)S(C)(=O)=O. The van der Waals surface area contributed by atoms with Crippen LogP contribution in [-0.4, -0.2) is 24.8 Å². The number of benzene rings is 1. The van der Waals surface area contributed by atoms with E-state index in [-0.39, 0.29) is 11.9 Å². The summed E-state index contributed by atoms with van der Waals surface area (Å²) in [6.45, 7) is 1.56. The molecular formula is C13H15N3O3S. The summed E-state index contributed by atoms with van der Waals surface area (Å²) in [6, 6.07) is 7.87. The Morgan fingerprint density at radius 2 is 2.15 bits per heavy atom. The normalized spacial score (nSPS) is 19.4. The molecule has 1 aromatic heterocycles. The molecule has 106 valence electrons. The molecule has 6 nitrogen and oxygen atoms in total. The molecule has 1 unspecified atom stereocenters. The maximum absolute atomic E-state index is 11.5. The molecule has 0 spiro atoms. The molecule has 1 aliphatic heterocycles. The molecule has 2 atom stereocenters. The van der Waals surface area contributed by atoms with Gasteiger partial charge in [-0.15, -0.1) is 0 Å². The molecule has 0 radical (unpaired) electrons. The van der Waals surface area contributed by atoms with Crippen molar-refractivity contribution in [3.63, 3.8) is 0 Å². The van der Waals surface area contributed by atoms with Crippen molar-refractivity contribution in [2.24, 2.45) is 0 Å². The summed E-state index contributed by atoms with van der Waals surface area (Å²) in [6.07, 6.45) is 1.92. The van der Waals surface area contributed by atoms with Crippen LogP contribution in [0.15, 0.2) is 28.8 Å². The second kappa shape index (κ2) is 4.59. The van der Waals surface area contributed by atoms with Gasteiger partial charge in [0.2, 0.25) is 5.89 Å². The largest absolute Gasteiger partial charge is 0.373 e. The highest BCUT2D eigenvalue weighted by molar-refractivity contribution is 7.90. The molecule has 0 saturated heterocycles. The molecule has 0 fully saturated rings. The van der Waals surface area contributed by atoms with Crippen molar-refractivity contribution in [3.8, 4) is 0 Å². The average Bonchev–Trinajstić information content (AvgIpc) is 3.03. The van der Waals surface area contributed by atoms with Crippen LogP contribution in [0.3, 0.4) is 0 Å². The van der Waals surface area contributed by atoms with Crippen molar-refractivity contribution in [1.29, 1.82) is 0 Å². The first-order valence-corrected chi connectivity index (χ1v) is 8.27. The number of nitrogens with one attached hydrogen (secondary N) is 1. The number of hydrogen-bond acceptors (Lipinski definition) is 6. The number of aromatic nitrogens is 2.